The number of hydrogen-bond acceptors (Lipinski definition) is 4. The van der Waals surface area contributed by atoms with Crippen molar-refractivity contribution < 1.29 is 13.9 Å². The zero-order valence-electron chi connectivity index (χ0n) is 16.9. The minimum atomic E-state index is -0.252. The van der Waals surface area contributed by atoms with E-state index in [1.54, 1.807) is 19.2 Å². The molecule has 0 aliphatic carbocycles. The van der Waals surface area contributed by atoms with Crippen molar-refractivity contribution in [2.75, 3.05) is 33.3 Å². The highest BCUT2D eigenvalue weighted by atomic mass is 79.9. The third kappa shape index (κ3) is 7.08. The number of halogens is 2. The van der Waals surface area contributed by atoms with Gasteiger partial charge in [0.25, 0.3) is 0 Å². The van der Waals surface area contributed by atoms with Crippen LogP contribution in [0.3, 0.4) is 0 Å². The molecule has 4 nitrogen and oxygen atoms in total. The molecule has 6 heteroatoms. The van der Waals surface area contributed by atoms with Gasteiger partial charge in [0.2, 0.25) is 0 Å². The van der Waals surface area contributed by atoms with Gasteiger partial charge in [-0.15, -0.1) is 0 Å². The zero-order chi connectivity index (χ0) is 20.4. The van der Waals surface area contributed by atoms with Crippen LogP contribution in [0.5, 0.6) is 11.5 Å². The smallest absolute Gasteiger partial charge is 0.162 e. The summed E-state index contributed by atoms with van der Waals surface area (Å²) >= 11 is 3.63. The molecule has 0 radical (unpaired) electrons. The molecule has 0 saturated heterocycles. The van der Waals surface area contributed by atoms with E-state index in [9.17, 15) is 4.39 Å². The van der Waals surface area contributed by atoms with Gasteiger partial charge in [-0.3, -0.25) is 0 Å². The monoisotopic (exact) mass is 452 g/mol. The molecule has 0 bridgehead atoms. The predicted molar refractivity (Wildman–Crippen MR) is 116 cm³/mol. The SMILES string of the molecule is CCN(CC)CCCNCc1cc(OC)c(OCc2ccc(F)cc2)cc1Br. The zero-order valence-corrected chi connectivity index (χ0v) is 18.5. The van der Waals surface area contributed by atoms with Gasteiger partial charge < -0.3 is 19.7 Å². The van der Waals surface area contributed by atoms with E-state index in [0.717, 1.165) is 54.7 Å². The van der Waals surface area contributed by atoms with E-state index in [-0.39, 0.29) is 5.82 Å². The predicted octanol–water partition coefficient (Wildman–Crippen LogP) is 5.00. The number of nitrogens with one attached hydrogen (secondary N) is 1. The van der Waals surface area contributed by atoms with E-state index < -0.39 is 0 Å². The fourth-order valence-electron chi connectivity index (χ4n) is 2.92. The van der Waals surface area contributed by atoms with Gasteiger partial charge in [-0.2, -0.15) is 0 Å². The van der Waals surface area contributed by atoms with Crippen LogP contribution in [0, 0.1) is 5.82 Å². The van der Waals surface area contributed by atoms with Crippen LogP contribution in [0.15, 0.2) is 40.9 Å². The van der Waals surface area contributed by atoms with Crippen LogP contribution in [0.2, 0.25) is 0 Å². The van der Waals surface area contributed by atoms with Crippen molar-refractivity contribution in [3.05, 3.63) is 57.8 Å². The lowest BCUT2D eigenvalue weighted by Crippen LogP contribution is -2.27. The quantitative estimate of drug-likeness (QED) is 0.459. The molecule has 0 amide bonds. The highest BCUT2D eigenvalue weighted by molar-refractivity contribution is 9.10. The van der Waals surface area contributed by atoms with E-state index in [2.05, 4.69) is 40.0 Å². The van der Waals surface area contributed by atoms with Gasteiger partial charge in [0.15, 0.2) is 11.5 Å². The average molecular weight is 453 g/mol. The Morgan fingerprint density at radius 2 is 1.79 bits per heavy atom. The van der Waals surface area contributed by atoms with Gasteiger partial charge >= 0.3 is 0 Å². The van der Waals surface area contributed by atoms with Crippen LogP contribution in [0.25, 0.3) is 0 Å². The first-order valence-corrected chi connectivity index (χ1v) is 10.5. The first-order valence-electron chi connectivity index (χ1n) is 9.74. The van der Waals surface area contributed by atoms with Crippen molar-refractivity contribution in [3.63, 3.8) is 0 Å². The molecule has 0 fully saturated rings. The van der Waals surface area contributed by atoms with Gasteiger partial charge in [0.1, 0.15) is 12.4 Å². The van der Waals surface area contributed by atoms with Crippen LogP contribution in [0.4, 0.5) is 4.39 Å². The lowest BCUT2D eigenvalue weighted by Gasteiger charge is -2.18. The van der Waals surface area contributed by atoms with Crippen molar-refractivity contribution >= 4 is 15.9 Å². The Morgan fingerprint density at radius 1 is 1.07 bits per heavy atom. The molecule has 1 N–H and O–H groups in total. The maximum absolute atomic E-state index is 13.0. The van der Waals surface area contributed by atoms with Crippen molar-refractivity contribution in [3.8, 4) is 11.5 Å². The second kappa shape index (κ2) is 12.0. The van der Waals surface area contributed by atoms with Crippen LogP contribution >= 0.6 is 15.9 Å². The van der Waals surface area contributed by atoms with Crippen LogP contribution in [-0.2, 0) is 13.2 Å². The van der Waals surface area contributed by atoms with Crippen LogP contribution in [0.1, 0.15) is 31.4 Å². The van der Waals surface area contributed by atoms with E-state index in [1.807, 2.05) is 12.1 Å². The number of benzene rings is 2. The average Bonchev–Trinajstić information content (AvgIpc) is 2.71. The van der Waals surface area contributed by atoms with Crippen LogP contribution < -0.4 is 14.8 Å². The fraction of sp³-hybridized carbons (Fsp3) is 0.455. The summed E-state index contributed by atoms with van der Waals surface area (Å²) in [6.45, 7) is 9.77. The van der Waals surface area contributed by atoms with Crippen molar-refractivity contribution in [1.82, 2.24) is 10.2 Å². The Kier molecular flexibility index (Phi) is 9.75. The van der Waals surface area contributed by atoms with Gasteiger partial charge in [-0.05, 0) is 68.0 Å². The first kappa shape index (κ1) is 22.7. The van der Waals surface area contributed by atoms with Crippen molar-refractivity contribution in [1.29, 1.82) is 0 Å². The molecule has 0 heterocycles. The Bertz CT molecular complexity index is 721. The maximum atomic E-state index is 13.0. The minimum Gasteiger partial charge on any atom is -0.493 e. The van der Waals surface area contributed by atoms with Gasteiger partial charge in [0, 0.05) is 11.0 Å². The second-order valence-corrected chi connectivity index (χ2v) is 7.42. The van der Waals surface area contributed by atoms with Crippen molar-refractivity contribution in [2.45, 2.75) is 33.4 Å². The molecule has 0 aromatic heterocycles. The summed E-state index contributed by atoms with van der Waals surface area (Å²) in [5.41, 5.74) is 2.02. The number of nitrogens with zero attached hydrogens (tertiary/aromatic N) is 1. The van der Waals surface area contributed by atoms with E-state index in [0.29, 0.717) is 18.1 Å². The molecule has 28 heavy (non-hydrogen) atoms. The maximum Gasteiger partial charge on any atom is 0.162 e. The molecule has 0 aliphatic heterocycles. The molecular weight excluding hydrogens is 423 g/mol. The van der Waals surface area contributed by atoms with Gasteiger partial charge in [-0.25, -0.2) is 4.39 Å². The number of hydrogen-bond donors (Lipinski definition) is 1. The topological polar surface area (TPSA) is 33.7 Å². The van der Waals surface area contributed by atoms with E-state index >= 15 is 0 Å². The third-order valence-electron chi connectivity index (χ3n) is 4.68. The molecule has 0 saturated carbocycles. The molecule has 2 rings (SSSR count). The molecule has 0 atom stereocenters. The highest BCUT2D eigenvalue weighted by Gasteiger charge is 2.11. The van der Waals surface area contributed by atoms with Gasteiger partial charge in [0.05, 0.1) is 7.11 Å². The first-order chi connectivity index (χ1) is 13.6. The molecule has 2 aromatic carbocycles. The molecule has 154 valence electrons. The normalized spacial score (nSPS) is 11.1. The van der Waals surface area contributed by atoms with E-state index in [1.165, 1.54) is 12.1 Å². The van der Waals surface area contributed by atoms with Crippen molar-refractivity contribution in [2.24, 2.45) is 0 Å². The number of ether oxygens (including phenoxy) is 2. The summed E-state index contributed by atoms with van der Waals surface area (Å²) in [6.07, 6.45) is 1.12. The Labute approximate surface area is 176 Å². The summed E-state index contributed by atoms with van der Waals surface area (Å²) in [7, 11) is 1.63. The lowest BCUT2D eigenvalue weighted by molar-refractivity contribution is 0.284. The summed E-state index contributed by atoms with van der Waals surface area (Å²) in [4.78, 5) is 2.42. The summed E-state index contributed by atoms with van der Waals surface area (Å²) in [5, 5.41) is 3.49. The Hall–Kier alpha value is -1.63. The summed E-state index contributed by atoms with van der Waals surface area (Å²) in [6, 6.07) is 10.2. The highest BCUT2D eigenvalue weighted by Crippen LogP contribution is 2.34. The molecular formula is C22H30BrFN2O2. The summed E-state index contributed by atoms with van der Waals surface area (Å²) < 4.78 is 25.4. The lowest BCUT2D eigenvalue weighted by atomic mass is 10.2. The minimum absolute atomic E-state index is 0.252. The van der Waals surface area contributed by atoms with E-state index in [4.69, 9.17) is 9.47 Å². The summed E-state index contributed by atoms with van der Waals surface area (Å²) in [5.74, 6) is 1.09. The van der Waals surface area contributed by atoms with Crippen LogP contribution in [-0.4, -0.2) is 38.2 Å². The molecule has 0 aliphatic rings. The standard InChI is InChI=1S/C22H30BrFN2O2/c1-4-26(5-2)12-6-11-25-15-18-13-21(27-3)22(14-20(18)23)28-16-17-7-9-19(24)10-8-17/h7-10,13-14,25H,4-6,11-12,15-16H2,1-3H3. The number of rotatable bonds is 12. The van der Waals surface area contributed by atoms with Gasteiger partial charge in [-0.1, -0.05) is 41.9 Å². The second-order valence-electron chi connectivity index (χ2n) is 6.57. The number of methoxy groups -OCH3 is 1. The Balaban J connectivity index is 1.90. The largest absolute Gasteiger partial charge is 0.493 e. The third-order valence-corrected chi connectivity index (χ3v) is 5.42. The molecule has 0 unspecified atom stereocenters. The Morgan fingerprint density at radius 3 is 2.43 bits per heavy atom. The molecule has 2 aromatic rings. The molecule has 0 spiro atoms. The fourth-order valence-corrected chi connectivity index (χ4v) is 3.38.